The first-order valence-corrected chi connectivity index (χ1v) is 10.1. The average molecular weight is 386 g/mol. The van der Waals surface area contributed by atoms with E-state index in [9.17, 15) is 14.4 Å². The number of carbonyl (C=O) groups is 3. The largest absolute Gasteiger partial charge is 0.466 e. The Morgan fingerprint density at radius 3 is 2.37 bits per heavy atom. The molecule has 1 rings (SSSR count). The Bertz CT molecular complexity index is 479. The highest BCUT2D eigenvalue weighted by Gasteiger charge is 2.28. The topological polar surface area (TPSA) is 90.9 Å². The quantitative estimate of drug-likeness (QED) is 0.368. The van der Waals surface area contributed by atoms with Crippen molar-refractivity contribution in [3.63, 3.8) is 0 Å². The van der Waals surface area contributed by atoms with Crippen molar-refractivity contribution in [3.05, 3.63) is 0 Å². The van der Waals surface area contributed by atoms with Crippen LogP contribution in [-0.4, -0.2) is 42.4 Å². The first-order chi connectivity index (χ1) is 12.7. The van der Waals surface area contributed by atoms with Crippen LogP contribution in [0.4, 0.5) is 4.79 Å². The molecule has 0 aromatic carbocycles. The molecule has 7 nitrogen and oxygen atoms in total. The lowest BCUT2D eigenvalue weighted by Crippen LogP contribution is -2.45. The number of hydrogen-bond donors (Lipinski definition) is 1. The third-order valence-electron chi connectivity index (χ3n) is 4.21. The first kappa shape index (κ1) is 23.2. The normalized spacial score (nSPS) is 16.3. The lowest BCUT2D eigenvalue weighted by Gasteiger charge is -2.26. The van der Waals surface area contributed by atoms with Gasteiger partial charge in [0.25, 0.3) is 0 Å². The van der Waals surface area contributed by atoms with Gasteiger partial charge < -0.3 is 19.5 Å². The van der Waals surface area contributed by atoms with Crippen molar-refractivity contribution in [2.75, 3.05) is 6.61 Å². The van der Waals surface area contributed by atoms with Gasteiger partial charge in [-0.1, -0.05) is 19.8 Å². The zero-order valence-corrected chi connectivity index (χ0v) is 17.2. The van der Waals surface area contributed by atoms with Crippen molar-refractivity contribution in [3.8, 4) is 0 Å². The van der Waals surface area contributed by atoms with E-state index >= 15 is 0 Å². The van der Waals surface area contributed by atoms with Gasteiger partial charge in [-0.15, -0.1) is 0 Å². The van der Waals surface area contributed by atoms with E-state index in [0.717, 1.165) is 44.9 Å². The standard InChI is InChI=1S/C20H35NO6/c1-5-6-14-25-17(22)13-12-16(21-19(24)27-20(2,3)4)18(23)26-15-10-8-7-9-11-15/h15-16H,5-14H2,1-4H3,(H,21,24)/t16-/m0/s1. The second-order valence-electron chi connectivity index (χ2n) is 8.01. The van der Waals surface area contributed by atoms with E-state index in [4.69, 9.17) is 14.2 Å². The average Bonchev–Trinajstić information content (AvgIpc) is 2.58. The molecule has 1 aliphatic carbocycles. The van der Waals surface area contributed by atoms with Gasteiger partial charge in [0.05, 0.1) is 6.61 Å². The number of carbonyl (C=O) groups excluding carboxylic acids is 3. The van der Waals surface area contributed by atoms with Gasteiger partial charge in [0.2, 0.25) is 0 Å². The zero-order chi connectivity index (χ0) is 20.3. The summed E-state index contributed by atoms with van der Waals surface area (Å²) in [7, 11) is 0. The molecule has 156 valence electrons. The molecule has 0 unspecified atom stereocenters. The molecule has 27 heavy (non-hydrogen) atoms. The van der Waals surface area contributed by atoms with Crippen LogP contribution in [0.25, 0.3) is 0 Å². The number of hydrogen-bond acceptors (Lipinski definition) is 6. The molecule has 1 saturated carbocycles. The third-order valence-corrected chi connectivity index (χ3v) is 4.21. The smallest absolute Gasteiger partial charge is 0.408 e. The molecular weight excluding hydrogens is 350 g/mol. The van der Waals surface area contributed by atoms with Gasteiger partial charge in [0.1, 0.15) is 17.7 Å². The summed E-state index contributed by atoms with van der Waals surface area (Å²) in [6, 6.07) is -0.930. The van der Waals surface area contributed by atoms with Gasteiger partial charge >= 0.3 is 18.0 Å². The fourth-order valence-electron chi connectivity index (χ4n) is 2.79. The molecule has 7 heteroatoms. The Morgan fingerprint density at radius 2 is 1.78 bits per heavy atom. The van der Waals surface area contributed by atoms with Crippen LogP contribution in [0, 0.1) is 0 Å². The van der Waals surface area contributed by atoms with Gasteiger partial charge in [-0.3, -0.25) is 4.79 Å². The lowest BCUT2D eigenvalue weighted by atomic mass is 9.98. The van der Waals surface area contributed by atoms with Crippen LogP contribution in [0.5, 0.6) is 0 Å². The fourth-order valence-corrected chi connectivity index (χ4v) is 2.79. The maximum absolute atomic E-state index is 12.5. The molecule has 0 saturated heterocycles. The van der Waals surface area contributed by atoms with E-state index < -0.39 is 23.7 Å². The second kappa shape index (κ2) is 11.8. The van der Waals surface area contributed by atoms with Crippen LogP contribution in [0.2, 0.25) is 0 Å². The van der Waals surface area contributed by atoms with Gasteiger partial charge in [-0.05, 0) is 59.3 Å². The van der Waals surface area contributed by atoms with E-state index in [1.807, 2.05) is 6.92 Å². The van der Waals surface area contributed by atoms with Crippen molar-refractivity contribution in [1.29, 1.82) is 0 Å². The Hall–Kier alpha value is -1.79. The first-order valence-electron chi connectivity index (χ1n) is 10.1. The Labute approximate surface area is 162 Å². The maximum atomic E-state index is 12.5. The molecular formula is C20H35NO6. The van der Waals surface area contributed by atoms with Crippen LogP contribution < -0.4 is 5.32 Å². The minimum Gasteiger partial charge on any atom is -0.466 e. The van der Waals surface area contributed by atoms with Crippen molar-refractivity contribution < 1.29 is 28.6 Å². The van der Waals surface area contributed by atoms with Crippen LogP contribution >= 0.6 is 0 Å². The van der Waals surface area contributed by atoms with Gasteiger partial charge in [-0.25, -0.2) is 9.59 Å². The number of nitrogens with one attached hydrogen (secondary N) is 1. The fraction of sp³-hybridized carbons (Fsp3) is 0.850. The SMILES string of the molecule is CCCCOC(=O)CC[C@H](NC(=O)OC(C)(C)C)C(=O)OC1CCCCC1. The molecule has 1 amide bonds. The van der Waals surface area contributed by atoms with Crippen molar-refractivity contribution in [2.45, 2.75) is 103 Å². The van der Waals surface area contributed by atoms with E-state index in [2.05, 4.69) is 5.32 Å². The van der Waals surface area contributed by atoms with Crippen molar-refractivity contribution in [2.24, 2.45) is 0 Å². The minimum absolute atomic E-state index is 0.0317. The molecule has 1 aliphatic rings. The molecule has 1 fully saturated rings. The molecule has 0 radical (unpaired) electrons. The Morgan fingerprint density at radius 1 is 1.11 bits per heavy atom. The molecule has 1 N–H and O–H groups in total. The number of unbranched alkanes of at least 4 members (excludes halogenated alkanes) is 1. The molecule has 0 heterocycles. The molecule has 0 aliphatic heterocycles. The Kier molecular flexibility index (Phi) is 10.2. The van der Waals surface area contributed by atoms with Crippen LogP contribution in [0.3, 0.4) is 0 Å². The molecule has 0 aromatic heterocycles. The van der Waals surface area contributed by atoms with E-state index in [0.29, 0.717) is 6.61 Å². The Balaban J connectivity index is 2.59. The van der Waals surface area contributed by atoms with Crippen molar-refractivity contribution in [1.82, 2.24) is 5.32 Å². The molecule has 0 spiro atoms. The molecule has 0 bridgehead atoms. The van der Waals surface area contributed by atoms with Crippen LogP contribution in [-0.2, 0) is 23.8 Å². The summed E-state index contributed by atoms with van der Waals surface area (Å²) in [6.07, 6.45) is 5.96. The minimum atomic E-state index is -0.930. The van der Waals surface area contributed by atoms with Gasteiger partial charge in [0.15, 0.2) is 0 Å². The van der Waals surface area contributed by atoms with Crippen LogP contribution in [0.15, 0.2) is 0 Å². The number of esters is 2. The summed E-state index contributed by atoms with van der Waals surface area (Å²) in [6.45, 7) is 7.61. The highest BCUT2D eigenvalue weighted by molar-refractivity contribution is 5.82. The molecule has 1 atom stereocenters. The lowest BCUT2D eigenvalue weighted by molar-refractivity contribution is -0.153. The zero-order valence-electron chi connectivity index (χ0n) is 17.2. The summed E-state index contributed by atoms with van der Waals surface area (Å²) in [5, 5.41) is 2.54. The number of amides is 1. The van der Waals surface area contributed by atoms with E-state index in [-0.39, 0.29) is 24.9 Å². The highest BCUT2D eigenvalue weighted by atomic mass is 16.6. The predicted octanol–water partition coefficient (Wildman–Crippen LogP) is 3.88. The maximum Gasteiger partial charge on any atom is 0.408 e. The summed E-state index contributed by atoms with van der Waals surface area (Å²) < 4.78 is 15.9. The third kappa shape index (κ3) is 10.8. The number of ether oxygens (including phenoxy) is 3. The van der Waals surface area contributed by atoms with E-state index in [1.54, 1.807) is 20.8 Å². The van der Waals surface area contributed by atoms with Crippen LogP contribution in [0.1, 0.15) is 85.5 Å². The van der Waals surface area contributed by atoms with Crippen molar-refractivity contribution >= 4 is 18.0 Å². The summed E-state index contributed by atoms with van der Waals surface area (Å²) in [5.74, 6) is -0.904. The predicted molar refractivity (Wildman–Crippen MR) is 101 cm³/mol. The number of rotatable bonds is 9. The highest BCUT2D eigenvalue weighted by Crippen LogP contribution is 2.21. The monoisotopic (exact) mass is 385 g/mol. The second-order valence-corrected chi connectivity index (χ2v) is 8.01. The summed E-state index contributed by atoms with van der Waals surface area (Å²) >= 11 is 0. The number of alkyl carbamates (subject to hydrolysis) is 1. The molecule has 0 aromatic rings. The summed E-state index contributed by atoms with van der Waals surface area (Å²) in [4.78, 5) is 36.4. The summed E-state index contributed by atoms with van der Waals surface area (Å²) in [5.41, 5.74) is -0.680. The van der Waals surface area contributed by atoms with Gasteiger partial charge in [0, 0.05) is 6.42 Å². The van der Waals surface area contributed by atoms with Gasteiger partial charge in [-0.2, -0.15) is 0 Å². The van der Waals surface area contributed by atoms with E-state index in [1.165, 1.54) is 0 Å².